The fourth-order valence-corrected chi connectivity index (χ4v) is 4.77. The summed E-state index contributed by atoms with van der Waals surface area (Å²) in [6.07, 6.45) is 2.56. The zero-order chi connectivity index (χ0) is 14.4. The van der Waals surface area contributed by atoms with E-state index in [2.05, 4.69) is 40.2 Å². The minimum Gasteiger partial charge on any atom is -0.329 e. The second-order valence-corrected chi connectivity index (χ2v) is 7.28. The maximum absolute atomic E-state index is 5.91. The van der Waals surface area contributed by atoms with Gasteiger partial charge in [0.05, 0.1) is 4.88 Å². The highest BCUT2D eigenvalue weighted by molar-refractivity contribution is 7.13. The maximum atomic E-state index is 5.91. The Morgan fingerprint density at radius 3 is 3.05 bits per heavy atom. The summed E-state index contributed by atoms with van der Waals surface area (Å²) in [5.41, 5.74) is 8.43. The molecule has 21 heavy (non-hydrogen) atoms. The van der Waals surface area contributed by atoms with Gasteiger partial charge in [-0.05, 0) is 42.8 Å². The van der Waals surface area contributed by atoms with Gasteiger partial charge in [-0.1, -0.05) is 6.07 Å². The molecule has 5 rings (SSSR count). The Morgan fingerprint density at radius 1 is 1.48 bits per heavy atom. The van der Waals surface area contributed by atoms with E-state index in [4.69, 9.17) is 10.8 Å². The molecule has 0 saturated carbocycles. The first-order chi connectivity index (χ1) is 10.3. The summed E-state index contributed by atoms with van der Waals surface area (Å²) in [5.74, 6) is 1.39. The van der Waals surface area contributed by atoms with Crippen molar-refractivity contribution >= 4 is 11.3 Å². The summed E-state index contributed by atoms with van der Waals surface area (Å²) in [7, 11) is 2.09. The van der Waals surface area contributed by atoms with Gasteiger partial charge in [0.2, 0.25) is 0 Å². The SMILES string of the molecule is Cn1nc(-c2cccs2)cc1[C@H]1CN2CC[C@H]1C[C@@H]2CN. The van der Waals surface area contributed by atoms with Crippen LogP contribution >= 0.6 is 11.3 Å². The van der Waals surface area contributed by atoms with E-state index in [1.54, 1.807) is 11.3 Å². The Hall–Kier alpha value is -1.17. The van der Waals surface area contributed by atoms with Gasteiger partial charge in [0.15, 0.2) is 0 Å². The fourth-order valence-electron chi connectivity index (χ4n) is 4.09. The zero-order valence-corrected chi connectivity index (χ0v) is 13.2. The van der Waals surface area contributed by atoms with E-state index in [1.165, 1.54) is 30.0 Å². The largest absolute Gasteiger partial charge is 0.329 e. The van der Waals surface area contributed by atoms with Gasteiger partial charge in [0.25, 0.3) is 0 Å². The Kier molecular flexibility index (Phi) is 3.36. The van der Waals surface area contributed by atoms with Crippen LogP contribution in [0.25, 0.3) is 10.6 Å². The van der Waals surface area contributed by atoms with Crippen LogP contribution in [0.5, 0.6) is 0 Å². The van der Waals surface area contributed by atoms with Crippen molar-refractivity contribution in [3.05, 3.63) is 29.3 Å². The lowest BCUT2D eigenvalue weighted by atomic mass is 9.74. The summed E-state index contributed by atoms with van der Waals surface area (Å²) in [6.45, 7) is 3.17. The van der Waals surface area contributed by atoms with Crippen molar-refractivity contribution in [2.75, 3.05) is 19.6 Å². The molecule has 0 aromatic carbocycles. The minimum absolute atomic E-state index is 0.602. The van der Waals surface area contributed by atoms with Crippen molar-refractivity contribution in [3.8, 4) is 10.6 Å². The molecule has 0 amide bonds. The lowest BCUT2D eigenvalue weighted by molar-refractivity contribution is 0.0322. The van der Waals surface area contributed by atoms with Gasteiger partial charge in [-0.25, -0.2) is 0 Å². The maximum Gasteiger partial charge on any atom is 0.103 e. The lowest BCUT2D eigenvalue weighted by Crippen LogP contribution is -2.55. The number of aromatic nitrogens is 2. The van der Waals surface area contributed by atoms with Gasteiger partial charge in [-0.15, -0.1) is 11.3 Å². The van der Waals surface area contributed by atoms with Gasteiger partial charge in [0, 0.05) is 37.8 Å². The van der Waals surface area contributed by atoms with E-state index in [-0.39, 0.29) is 0 Å². The molecule has 0 spiro atoms. The Morgan fingerprint density at radius 2 is 2.38 bits per heavy atom. The van der Waals surface area contributed by atoms with Crippen molar-refractivity contribution in [1.29, 1.82) is 0 Å². The third-order valence-corrected chi connectivity index (χ3v) is 6.11. The number of rotatable bonds is 3. The molecule has 4 nitrogen and oxygen atoms in total. The molecule has 3 aliphatic heterocycles. The van der Waals surface area contributed by atoms with Crippen LogP contribution in [0.1, 0.15) is 24.5 Å². The molecule has 5 heterocycles. The van der Waals surface area contributed by atoms with Crippen LogP contribution in [-0.4, -0.2) is 40.4 Å². The number of fused-ring (bicyclic) bond motifs is 3. The molecule has 1 unspecified atom stereocenters. The Labute approximate surface area is 129 Å². The molecular formula is C16H22N4S. The van der Waals surface area contributed by atoms with E-state index in [0.717, 1.165) is 24.7 Å². The molecule has 2 aromatic rings. The monoisotopic (exact) mass is 302 g/mol. The summed E-state index contributed by atoms with van der Waals surface area (Å²) in [6, 6.07) is 7.15. The van der Waals surface area contributed by atoms with E-state index < -0.39 is 0 Å². The summed E-state index contributed by atoms with van der Waals surface area (Å²) >= 11 is 1.76. The topological polar surface area (TPSA) is 47.1 Å². The van der Waals surface area contributed by atoms with E-state index in [0.29, 0.717) is 12.0 Å². The van der Waals surface area contributed by atoms with Crippen LogP contribution in [0.2, 0.25) is 0 Å². The summed E-state index contributed by atoms with van der Waals surface area (Å²) in [5, 5.41) is 6.85. The molecule has 112 valence electrons. The first-order valence-electron chi connectivity index (χ1n) is 7.78. The molecule has 0 radical (unpaired) electrons. The predicted molar refractivity (Wildman–Crippen MR) is 86.4 cm³/mol. The molecule has 3 aliphatic rings. The molecular weight excluding hydrogens is 280 g/mol. The third-order valence-electron chi connectivity index (χ3n) is 5.22. The van der Waals surface area contributed by atoms with Gasteiger partial charge >= 0.3 is 0 Å². The fraction of sp³-hybridized carbons (Fsp3) is 0.562. The highest BCUT2D eigenvalue weighted by Crippen LogP contribution is 2.42. The third kappa shape index (κ3) is 2.24. The number of hydrogen-bond acceptors (Lipinski definition) is 4. The number of aryl methyl sites for hydroxylation is 1. The van der Waals surface area contributed by atoms with Crippen LogP contribution in [0.15, 0.2) is 23.6 Å². The Bertz CT molecular complexity index is 618. The minimum atomic E-state index is 0.602. The number of piperidine rings is 3. The van der Waals surface area contributed by atoms with Gasteiger partial charge < -0.3 is 5.73 Å². The zero-order valence-electron chi connectivity index (χ0n) is 12.4. The molecule has 4 atom stereocenters. The number of thiophene rings is 1. The Balaban J connectivity index is 1.63. The number of hydrogen-bond donors (Lipinski definition) is 1. The van der Waals surface area contributed by atoms with E-state index in [9.17, 15) is 0 Å². The van der Waals surface area contributed by atoms with Crippen LogP contribution in [0.3, 0.4) is 0 Å². The summed E-state index contributed by atoms with van der Waals surface area (Å²) < 4.78 is 2.10. The second kappa shape index (κ2) is 5.23. The average Bonchev–Trinajstić information content (AvgIpc) is 3.16. The number of nitrogens with zero attached hydrogens (tertiary/aromatic N) is 3. The van der Waals surface area contributed by atoms with E-state index in [1.807, 2.05) is 0 Å². The van der Waals surface area contributed by atoms with Crippen LogP contribution in [-0.2, 0) is 7.05 Å². The molecule has 2 bridgehead atoms. The lowest BCUT2D eigenvalue weighted by Gasteiger charge is -2.49. The first kappa shape index (κ1) is 13.5. The summed E-state index contributed by atoms with van der Waals surface area (Å²) in [4.78, 5) is 3.85. The van der Waals surface area contributed by atoms with Crippen molar-refractivity contribution in [3.63, 3.8) is 0 Å². The van der Waals surface area contributed by atoms with Crippen molar-refractivity contribution < 1.29 is 0 Å². The first-order valence-corrected chi connectivity index (χ1v) is 8.66. The van der Waals surface area contributed by atoms with Crippen molar-refractivity contribution in [2.45, 2.75) is 24.8 Å². The molecule has 3 fully saturated rings. The predicted octanol–water partition coefficient (Wildman–Crippen LogP) is 2.29. The average molecular weight is 302 g/mol. The molecule has 0 aliphatic carbocycles. The smallest absolute Gasteiger partial charge is 0.103 e. The number of nitrogens with two attached hydrogens (primary N) is 1. The normalized spacial score (nSPS) is 31.7. The quantitative estimate of drug-likeness (QED) is 0.946. The van der Waals surface area contributed by atoms with Crippen molar-refractivity contribution in [1.82, 2.24) is 14.7 Å². The van der Waals surface area contributed by atoms with Crippen LogP contribution < -0.4 is 5.73 Å². The second-order valence-electron chi connectivity index (χ2n) is 6.33. The van der Waals surface area contributed by atoms with Crippen LogP contribution in [0, 0.1) is 5.92 Å². The van der Waals surface area contributed by atoms with Crippen LogP contribution in [0.4, 0.5) is 0 Å². The molecule has 3 saturated heterocycles. The van der Waals surface area contributed by atoms with Crippen molar-refractivity contribution in [2.24, 2.45) is 18.7 Å². The standard InChI is InChI=1S/C16H22N4S/c1-19-15(8-14(18-19)16-3-2-6-21-16)13-10-20-5-4-11(13)7-12(20)9-17/h2-3,6,8,11-13H,4-5,7,9-10,17H2,1H3/t11-,12+,13-/m0/s1. The molecule has 2 aromatic heterocycles. The van der Waals surface area contributed by atoms with Gasteiger partial charge in [-0.3, -0.25) is 9.58 Å². The highest BCUT2D eigenvalue weighted by Gasteiger charge is 2.41. The highest BCUT2D eigenvalue weighted by atomic mass is 32.1. The van der Waals surface area contributed by atoms with Gasteiger partial charge in [-0.2, -0.15) is 5.10 Å². The van der Waals surface area contributed by atoms with Gasteiger partial charge in [0.1, 0.15) is 5.69 Å². The van der Waals surface area contributed by atoms with E-state index >= 15 is 0 Å². The molecule has 2 N–H and O–H groups in total. The molecule has 5 heteroatoms.